The average Bonchev–Trinajstić information content (AvgIpc) is 2.96. The van der Waals surface area contributed by atoms with Gasteiger partial charge in [-0.2, -0.15) is 5.10 Å². The number of nitrogens with zero attached hydrogens (tertiary/aromatic N) is 5. The van der Waals surface area contributed by atoms with E-state index < -0.39 is 0 Å². The number of rotatable bonds is 2. The second-order valence-corrected chi connectivity index (χ2v) is 4.76. The first-order chi connectivity index (χ1) is 9.08. The fourth-order valence-corrected chi connectivity index (χ4v) is 2.11. The van der Waals surface area contributed by atoms with Crippen molar-refractivity contribution < 1.29 is 0 Å². The van der Waals surface area contributed by atoms with Crippen molar-refractivity contribution >= 4 is 11.0 Å². The van der Waals surface area contributed by atoms with E-state index in [1.807, 2.05) is 27.1 Å². The summed E-state index contributed by atoms with van der Waals surface area (Å²) in [6.07, 6.45) is 5.33. The number of hydrogen-bond acceptors (Lipinski definition) is 4. The predicted octanol–water partition coefficient (Wildman–Crippen LogP) is 1.10. The molecule has 0 bridgehead atoms. The summed E-state index contributed by atoms with van der Waals surface area (Å²) in [4.78, 5) is 14.5. The largest absolute Gasteiger partial charge is 0.326 e. The minimum absolute atomic E-state index is 0.127. The van der Waals surface area contributed by atoms with Gasteiger partial charge in [-0.15, -0.1) is 5.10 Å². The van der Waals surface area contributed by atoms with E-state index in [2.05, 4.69) is 20.4 Å². The first-order valence-corrected chi connectivity index (χ1v) is 6.03. The number of nitrogens with one attached hydrogen (secondary N) is 1. The van der Waals surface area contributed by atoms with E-state index in [-0.39, 0.29) is 11.6 Å². The van der Waals surface area contributed by atoms with Gasteiger partial charge in [0.15, 0.2) is 5.52 Å². The normalized spacial score (nSPS) is 11.6. The zero-order chi connectivity index (χ0) is 13.6. The molecule has 0 radical (unpaired) electrons. The fraction of sp³-hybridized carbons (Fsp3) is 0.333. The Morgan fingerprint density at radius 3 is 2.79 bits per heavy atom. The van der Waals surface area contributed by atoms with Gasteiger partial charge in [0.25, 0.3) is 5.56 Å². The summed E-state index contributed by atoms with van der Waals surface area (Å²) in [5.41, 5.74) is 2.67. The van der Waals surface area contributed by atoms with Crippen molar-refractivity contribution in [3.05, 3.63) is 28.9 Å². The van der Waals surface area contributed by atoms with Crippen molar-refractivity contribution in [2.75, 3.05) is 0 Å². The van der Waals surface area contributed by atoms with Crippen molar-refractivity contribution in [1.29, 1.82) is 0 Å². The minimum atomic E-state index is -0.227. The van der Waals surface area contributed by atoms with Crippen LogP contribution in [0.2, 0.25) is 0 Å². The van der Waals surface area contributed by atoms with Gasteiger partial charge in [-0.3, -0.25) is 9.48 Å². The molecule has 3 aromatic heterocycles. The molecule has 3 aromatic rings. The van der Waals surface area contributed by atoms with E-state index >= 15 is 0 Å². The van der Waals surface area contributed by atoms with E-state index in [1.165, 1.54) is 0 Å². The Balaban J connectivity index is 2.39. The van der Waals surface area contributed by atoms with Crippen molar-refractivity contribution in [1.82, 2.24) is 29.8 Å². The fourth-order valence-electron chi connectivity index (χ4n) is 2.11. The number of aryl methyl sites for hydroxylation is 1. The molecule has 0 unspecified atom stereocenters. The predicted molar refractivity (Wildman–Crippen MR) is 70.7 cm³/mol. The zero-order valence-corrected chi connectivity index (χ0v) is 11.0. The van der Waals surface area contributed by atoms with Gasteiger partial charge in [-0.25, -0.2) is 4.68 Å². The molecule has 7 nitrogen and oxygen atoms in total. The van der Waals surface area contributed by atoms with Crippen molar-refractivity contribution in [3.8, 4) is 11.1 Å². The van der Waals surface area contributed by atoms with Gasteiger partial charge in [0.05, 0.1) is 6.20 Å². The third-order valence-electron chi connectivity index (χ3n) is 3.02. The lowest BCUT2D eigenvalue weighted by Crippen LogP contribution is -2.08. The van der Waals surface area contributed by atoms with Crippen LogP contribution in [0.5, 0.6) is 0 Å². The van der Waals surface area contributed by atoms with Crippen LogP contribution in [0.25, 0.3) is 22.2 Å². The summed E-state index contributed by atoms with van der Waals surface area (Å²) in [7, 11) is 1.85. The zero-order valence-electron chi connectivity index (χ0n) is 11.0. The Hall–Kier alpha value is -2.44. The monoisotopic (exact) mass is 258 g/mol. The third-order valence-corrected chi connectivity index (χ3v) is 3.02. The van der Waals surface area contributed by atoms with E-state index in [4.69, 9.17) is 0 Å². The van der Waals surface area contributed by atoms with Gasteiger partial charge in [0.2, 0.25) is 0 Å². The maximum atomic E-state index is 11.8. The Kier molecular flexibility index (Phi) is 2.48. The third kappa shape index (κ3) is 1.74. The molecule has 0 aliphatic heterocycles. The van der Waals surface area contributed by atoms with Gasteiger partial charge in [-0.05, 0) is 13.8 Å². The highest BCUT2D eigenvalue weighted by molar-refractivity contribution is 5.90. The highest BCUT2D eigenvalue weighted by atomic mass is 16.1. The van der Waals surface area contributed by atoms with Gasteiger partial charge < -0.3 is 4.98 Å². The van der Waals surface area contributed by atoms with Crippen molar-refractivity contribution in [3.63, 3.8) is 0 Å². The maximum Gasteiger partial charge on any atom is 0.278 e. The quantitative estimate of drug-likeness (QED) is 0.746. The second-order valence-electron chi connectivity index (χ2n) is 4.76. The molecule has 0 aliphatic carbocycles. The molecule has 3 rings (SSSR count). The summed E-state index contributed by atoms with van der Waals surface area (Å²) in [6, 6.07) is 0.127. The summed E-state index contributed by atoms with van der Waals surface area (Å²) in [6.45, 7) is 4.00. The van der Waals surface area contributed by atoms with Gasteiger partial charge in [0, 0.05) is 36.6 Å². The van der Waals surface area contributed by atoms with Crippen LogP contribution in [0, 0.1) is 0 Å². The molecular weight excluding hydrogens is 244 g/mol. The molecule has 7 heteroatoms. The number of aromatic nitrogens is 6. The van der Waals surface area contributed by atoms with Crippen LogP contribution >= 0.6 is 0 Å². The minimum Gasteiger partial charge on any atom is -0.326 e. The maximum absolute atomic E-state index is 11.8. The first-order valence-electron chi connectivity index (χ1n) is 6.03. The van der Waals surface area contributed by atoms with E-state index in [0.29, 0.717) is 5.52 Å². The summed E-state index contributed by atoms with van der Waals surface area (Å²) < 4.78 is 3.47. The van der Waals surface area contributed by atoms with Crippen LogP contribution in [0.15, 0.2) is 23.4 Å². The summed E-state index contributed by atoms with van der Waals surface area (Å²) >= 11 is 0. The molecule has 0 aliphatic rings. The van der Waals surface area contributed by atoms with Crippen LogP contribution in [-0.2, 0) is 7.05 Å². The molecule has 0 spiro atoms. The van der Waals surface area contributed by atoms with E-state index in [0.717, 1.165) is 16.6 Å². The van der Waals surface area contributed by atoms with Crippen LogP contribution < -0.4 is 5.56 Å². The van der Waals surface area contributed by atoms with Crippen molar-refractivity contribution in [2.24, 2.45) is 7.05 Å². The standard InChI is InChI=1S/C12H14N6O/c1-7(2)18-11-9(8-4-14-17(3)6-8)5-13-12(19)10(11)15-16-18/h4-7H,1-3H3,(H,13,19). The lowest BCUT2D eigenvalue weighted by molar-refractivity contribution is 0.530. The number of hydrogen-bond donors (Lipinski definition) is 1. The summed E-state index contributed by atoms with van der Waals surface area (Å²) in [5, 5.41) is 12.2. The number of fused-ring (bicyclic) bond motifs is 1. The van der Waals surface area contributed by atoms with Crippen molar-refractivity contribution in [2.45, 2.75) is 19.9 Å². The van der Waals surface area contributed by atoms with Crippen LogP contribution in [0.4, 0.5) is 0 Å². The molecule has 0 saturated carbocycles. The van der Waals surface area contributed by atoms with Gasteiger partial charge in [-0.1, -0.05) is 5.21 Å². The molecule has 0 amide bonds. The Morgan fingerprint density at radius 2 is 2.16 bits per heavy atom. The topological polar surface area (TPSA) is 81.4 Å². The summed E-state index contributed by atoms with van der Waals surface area (Å²) in [5.74, 6) is 0. The molecule has 1 N–H and O–H groups in total. The van der Waals surface area contributed by atoms with Gasteiger partial charge in [0.1, 0.15) is 5.52 Å². The molecule has 0 saturated heterocycles. The molecule has 0 fully saturated rings. The molecule has 3 heterocycles. The SMILES string of the molecule is CC(C)n1nnc2c(=O)[nH]cc(-c3cnn(C)c3)c21. The number of aromatic amines is 1. The van der Waals surface area contributed by atoms with E-state index in [9.17, 15) is 4.79 Å². The second kappa shape index (κ2) is 4.04. The lowest BCUT2D eigenvalue weighted by atomic mass is 10.1. The Bertz CT molecular complexity index is 794. The van der Waals surface area contributed by atoms with Crippen LogP contribution in [0.1, 0.15) is 19.9 Å². The molecule has 0 atom stereocenters. The highest BCUT2D eigenvalue weighted by Gasteiger charge is 2.16. The smallest absolute Gasteiger partial charge is 0.278 e. The number of pyridine rings is 1. The highest BCUT2D eigenvalue weighted by Crippen LogP contribution is 2.26. The molecule has 98 valence electrons. The van der Waals surface area contributed by atoms with Crippen LogP contribution in [0.3, 0.4) is 0 Å². The lowest BCUT2D eigenvalue weighted by Gasteiger charge is -2.08. The van der Waals surface area contributed by atoms with Gasteiger partial charge >= 0.3 is 0 Å². The molecule has 19 heavy (non-hydrogen) atoms. The molecular formula is C12H14N6O. The van der Waals surface area contributed by atoms with Crippen LogP contribution in [-0.4, -0.2) is 29.8 Å². The first kappa shape index (κ1) is 11.6. The molecule has 0 aromatic carbocycles. The average molecular weight is 258 g/mol. The van der Waals surface area contributed by atoms with E-state index in [1.54, 1.807) is 21.8 Å². The number of H-pyrrole nitrogens is 1. The Morgan fingerprint density at radius 1 is 1.37 bits per heavy atom. The Labute approximate surface area is 108 Å².